The highest BCUT2D eigenvalue weighted by atomic mass is 35.5. The highest BCUT2D eigenvalue weighted by Crippen LogP contribution is 2.15. The van der Waals surface area contributed by atoms with Crippen LogP contribution in [0.4, 0.5) is 0 Å². The van der Waals surface area contributed by atoms with Crippen molar-refractivity contribution < 1.29 is 0 Å². The average Bonchev–Trinajstić information content (AvgIpc) is 2.88. The molecular formula is C13H12ClN5O. The Hall–Kier alpha value is -2.21. The van der Waals surface area contributed by atoms with E-state index in [-0.39, 0.29) is 5.56 Å². The van der Waals surface area contributed by atoms with Crippen LogP contribution >= 0.6 is 11.6 Å². The number of H-pyrrole nitrogens is 1. The van der Waals surface area contributed by atoms with Gasteiger partial charge < -0.3 is 0 Å². The van der Waals surface area contributed by atoms with E-state index in [2.05, 4.69) is 20.1 Å². The maximum Gasteiger partial charge on any atom is 0.276 e. The molecule has 1 N–H and O–H groups in total. The lowest BCUT2D eigenvalue weighted by atomic mass is 10.2. The monoisotopic (exact) mass is 289 g/mol. The van der Waals surface area contributed by atoms with Crippen molar-refractivity contribution in [1.82, 2.24) is 24.6 Å². The zero-order chi connectivity index (χ0) is 14.1. The lowest BCUT2D eigenvalue weighted by Gasteiger charge is -2.02. The Morgan fingerprint density at radius 2 is 2.25 bits per heavy atom. The molecule has 0 fully saturated rings. The normalized spacial score (nSPS) is 11.1. The first-order valence-corrected chi connectivity index (χ1v) is 6.68. The Bertz CT molecular complexity index is 809. The van der Waals surface area contributed by atoms with E-state index in [1.165, 1.54) is 4.52 Å². The Balaban J connectivity index is 2.22. The molecule has 0 aromatic carbocycles. The van der Waals surface area contributed by atoms with E-state index in [0.717, 1.165) is 0 Å². The van der Waals surface area contributed by atoms with Crippen molar-refractivity contribution in [3.63, 3.8) is 0 Å². The standard InChI is InChI=1S/C13H12ClN5O/c1-8-9(2-3-14)13(20)19-12(17-8)6-10(18-19)11-7-15-4-5-16-11/h4-7,18H,2-3H2,1H3. The summed E-state index contributed by atoms with van der Waals surface area (Å²) >= 11 is 5.73. The van der Waals surface area contributed by atoms with Crippen molar-refractivity contribution in [3.05, 3.63) is 46.3 Å². The number of hydrogen-bond acceptors (Lipinski definition) is 4. The SMILES string of the molecule is Cc1nc2cc(-c3cnccn3)[nH]n2c(=O)c1CCCl. The maximum absolute atomic E-state index is 12.4. The van der Waals surface area contributed by atoms with Crippen LogP contribution in [0.25, 0.3) is 17.0 Å². The molecule has 3 heterocycles. The van der Waals surface area contributed by atoms with E-state index < -0.39 is 0 Å². The van der Waals surface area contributed by atoms with Crippen LogP contribution in [0.3, 0.4) is 0 Å². The van der Waals surface area contributed by atoms with Gasteiger partial charge in [0.15, 0.2) is 5.65 Å². The average molecular weight is 290 g/mol. The predicted octanol–water partition coefficient (Wildman–Crippen LogP) is 1.57. The van der Waals surface area contributed by atoms with Crippen LogP contribution < -0.4 is 5.56 Å². The Morgan fingerprint density at radius 3 is 2.95 bits per heavy atom. The summed E-state index contributed by atoms with van der Waals surface area (Å²) < 4.78 is 1.42. The summed E-state index contributed by atoms with van der Waals surface area (Å²) in [7, 11) is 0. The second-order valence-electron chi connectivity index (χ2n) is 4.37. The van der Waals surface area contributed by atoms with Gasteiger partial charge in [-0.3, -0.25) is 19.9 Å². The molecule has 0 aliphatic heterocycles. The van der Waals surface area contributed by atoms with Gasteiger partial charge >= 0.3 is 0 Å². The second-order valence-corrected chi connectivity index (χ2v) is 4.75. The Morgan fingerprint density at radius 1 is 1.40 bits per heavy atom. The molecule has 0 spiro atoms. The number of hydrogen-bond donors (Lipinski definition) is 1. The van der Waals surface area contributed by atoms with E-state index in [1.807, 2.05) is 6.92 Å². The Labute approximate surface area is 119 Å². The quantitative estimate of drug-likeness (QED) is 0.743. The minimum absolute atomic E-state index is 0.122. The molecule has 102 valence electrons. The first-order chi connectivity index (χ1) is 9.70. The zero-order valence-electron chi connectivity index (χ0n) is 10.8. The van der Waals surface area contributed by atoms with Gasteiger partial charge in [0.25, 0.3) is 5.56 Å². The molecule has 0 saturated carbocycles. The number of alkyl halides is 1. The smallest absolute Gasteiger partial charge is 0.276 e. The molecule has 0 atom stereocenters. The summed E-state index contributed by atoms with van der Waals surface area (Å²) in [5, 5.41) is 3.00. The van der Waals surface area contributed by atoms with Crippen molar-refractivity contribution >= 4 is 17.2 Å². The lowest BCUT2D eigenvalue weighted by Crippen LogP contribution is -2.22. The van der Waals surface area contributed by atoms with Crippen molar-refractivity contribution in [3.8, 4) is 11.4 Å². The molecule has 20 heavy (non-hydrogen) atoms. The number of aromatic amines is 1. The fraction of sp³-hybridized carbons (Fsp3) is 0.231. The molecule has 0 saturated heterocycles. The van der Waals surface area contributed by atoms with Crippen LogP contribution in [-0.2, 0) is 6.42 Å². The van der Waals surface area contributed by atoms with Gasteiger partial charge in [-0.1, -0.05) is 0 Å². The van der Waals surface area contributed by atoms with Crippen LogP contribution in [0.2, 0.25) is 0 Å². The first-order valence-electron chi connectivity index (χ1n) is 6.14. The van der Waals surface area contributed by atoms with Gasteiger partial charge in [0.1, 0.15) is 5.69 Å². The minimum atomic E-state index is -0.122. The summed E-state index contributed by atoms with van der Waals surface area (Å²) in [5.74, 6) is 0.390. The summed E-state index contributed by atoms with van der Waals surface area (Å²) in [4.78, 5) is 25.0. The van der Waals surface area contributed by atoms with Gasteiger partial charge in [-0.15, -0.1) is 11.6 Å². The molecule has 0 amide bonds. The molecule has 3 aromatic heterocycles. The number of halogens is 1. The number of rotatable bonds is 3. The summed E-state index contributed by atoms with van der Waals surface area (Å²) in [6, 6.07) is 1.78. The predicted molar refractivity (Wildman–Crippen MR) is 76.0 cm³/mol. The van der Waals surface area contributed by atoms with E-state index in [1.54, 1.807) is 24.7 Å². The number of nitrogens with zero attached hydrogens (tertiary/aromatic N) is 4. The lowest BCUT2D eigenvalue weighted by molar-refractivity contribution is 0.855. The minimum Gasteiger partial charge on any atom is -0.287 e. The van der Waals surface area contributed by atoms with Crippen molar-refractivity contribution in [1.29, 1.82) is 0 Å². The summed E-state index contributed by atoms with van der Waals surface area (Å²) in [6.07, 6.45) is 5.32. The van der Waals surface area contributed by atoms with Crippen LogP contribution in [-0.4, -0.2) is 30.4 Å². The summed E-state index contributed by atoms with van der Waals surface area (Å²) in [5.41, 5.74) is 3.14. The van der Waals surface area contributed by atoms with Gasteiger partial charge in [-0.2, -0.15) is 0 Å². The number of nitrogens with one attached hydrogen (secondary N) is 1. The fourth-order valence-corrected chi connectivity index (χ4v) is 2.31. The van der Waals surface area contributed by atoms with E-state index in [0.29, 0.717) is 40.6 Å². The van der Waals surface area contributed by atoms with E-state index in [9.17, 15) is 4.79 Å². The highest BCUT2D eigenvalue weighted by Gasteiger charge is 2.12. The third-order valence-corrected chi connectivity index (χ3v) is 3.29. The van der Waals surface area contributed by atoms with E-state index >= 15 is 0 Å². The maximum atomic E-state index is 12.4. The van der Waals surface area contributed by atoms with Crippen LogP contribution in [0.15, 0.2) is 29.5 Å². The van der Waals surface area contributed by atoms with Gasteiger partial charge in [0, 0.05) is 35.6 Å². The molecule has 0 radical (unpaired) electrons. The van der Waals surface area contributed by atoms with Crippen LogP contribution in [0.1, 0.15) is 11.3 Å². The van der Waals surface area contributed by atoms with Gasteiger partial charge in [-0.05, 0) is 13.3 Å². The zero-order valence-corrected chi connectivity index (χ0v) is 11.6. The highest BCUT2D eigenvalue weighted by molar-refractivity contribution is 6.18. The Kier molecular flexibility index (Phi) is 3.23. The van der Waals surface area contributed by atoms with E-state index in [4.69, 9.17) is 11.6 Å². The van der Waals surface area contributed by atoms with Crippen molar-refractivity contribution in [2.75, 3.05) is 5.88 Å². The molecule has 6 nitrogen and oxygen atoms in total. The molecule has 0 aliphatic carbocycles. The molecule has 3 aromatic rings. The number of aromatic nitrogens is 5. The van der Waals surface area contributed by atoms with Crippen LogP contribution in [0.5, 0.6) is 0 Å². The van der Waals surface area contributed by atoms with Gasteiger partial charge in [-0.25, -0.2) is 9.50 Å². The molecule has 3 rings (SSSR count). The fourth-order valence-electron chi connectivity index (χ4n) is 2.12. The molecule has 0 aliphatic rings. The molecule has 0 bridgehead atoms. The molecule has 0 unspecified atom stereocenters. The second kappa shape index (κ2) is 5.05. The number of aryl methyl sites for hydroxylation is 1. The van der Waals surface area contributed by atoms with Crippen molar-refractivity contribution in [2.45, 2.75) is 13.3 Å². The van der Waals surface area contributed by atoms with Gasteiger partial charge in [0.2, 0.25) is 0 Å². The number of fused-ring (bicyclic) bond motifs is 1. The third-order valence-electron chi connectivity index (χ3n) is 3.10. The van der Waals surface area contributed by atoms with Gasteiger partial charge in [0.05, 0.1) is 11.9 Å². The molecule has 7 heteroatoms. The van der Waals surface area contributed by atoms with Crippen molar-refractivity contribution in [2.24, 2.45) is 0 Å². The molecular weight excluding hydrogens is 278 g/mol. The third kappa shape index (κ3) is 2.08. The first kappa shape index (κ1) is 12.8. The topological polar surface area (TPSA) is 75.9 Å². The van der Waals surface area contributed by atoms with Crippen LogP contribution in [0, 0.1) is 6.92 Å². The summed E-state index contributed by atoms with van der Waals surface area (Å²) in [6.45, 7) is 1.82. The largest absolute Gasteiger partial charge is 0.287 e.